The predicted molar refractivity (Wildman–Crippen MR) is 467 cm³/mol. The monoisotopic (exact) mass is 2020 g/mol. The SMILES string of the molecule is CC[C@@H]1O[C@@H](O[C@@H](C[C@H](O)CC(=O)O[C@@H](C[C@H](O)CC(=O)O[C@@H]2C(C)O[C@@H](OC(=O)[C@]34CCC(C)(C)CC3C3=CCC5[C@@]6(C)CC[C@H](O[C@@H]7OC(C(=O)O)[C@@H](O)[C@H](O[C@@H]8OC(CO)[C@@H](O)[C@H](O)C8O)C7O[C@@H]7OC(CO)[C@H](O)[C@H](O)C7O)[C@@](C)(C=O)C6CC[C@@]5(C)[C@]3(C)C[C@H]4O)[C@H](O[C@@H]3OC(C)[C@H](O[C@@H]4OCC(O)[C@H](O[C@@H]5OC[C@](O)(CO)C5O)C4O)C(O)[C@@H]3O)C2O)[C@@H](C)CC)[C@@H](C)CC)C(O)C1O. The molecule has 8 aliphatic heterocycles. The zero-order chi connectivity index (χ0) is 103. The first-order chi connectivity index (χ1) is 65.7. The Labute approximate surface area is 810 Å². The van der Waals surface area contributed by atoms with Crippen LogP contribution in [-0.2, 0) is 109 Å². The second-order valence-corrected chi connectivity index (χ2v) is 43.3. The van der Waals surface area contributed by atoms with E-state index < -0.39 is 377 Å². The third-order valence-corrected chi connectivity index (χ3v) is 33.9. The molecular weight excluding hydrogens is 1860 g/mol. The van der Waals surface area contributed by atoms with Crippen LogP contribution in [0.4, 0.5) is 0 Å². The lowest BCUT2D eigenvalue weighted by atomic mass is 9.33. The molecule has 0 spiro atoms. The number of hydrogen-bond donors (Lipinski definition) is 23. The van der Waals surface area contributed by atoms with Gasteiger partial charge in [-0.05, 0) is 129 Å². The predicted octanol–water partition coefficient (Wildman–Crippen LogP) is -4.91. The minimum atomic E-state index is -2.33. The number of carboxylic acid groups (broad SMARTS) is 1. The third-order valence-electron chi connectivity index (χ3n) is 33.9. The van der Waals surface area contributed by atoms with Crippen LogP contribution in [0.25, 0.3) is 0 Å². The van der Waals surface area contributed by atoms with Gasteiger partial charge in [0.05, 0.1) is 100 Å². The Hall–Kier alpha value is -4.19. The molecule has 46 nitrogen and oxygen atoms in total. The lowest BCUT2D eigenvalue weighted by molar-refractivity contribution is -0.395. The van der Waals surface area contributed by atoms with Crippen molar-refractivity contribution in [2.75, 3.05) is 33.0 Å². The molecule has 13 rings (SSSR count). The van der Waals surface area contributed by atoms with E-state index in [1.165, 1.54) is 13.8 Å². The second-order valence-electron chi connectivity index (χ2n) is 43.3. The minimum Gasteiger partial charge on any atom is -0.479 e. The number of aldehydes is 1. The molecule has 52 atom stereocenters. The molecule has 0 aromatic heterocycles. The molecule has 0 bridgehead atoms. The van der Waals surface area contributed by atoms with Crippen LogP contribution in [-0.4, -0.2) is 438 Å². The van der Waals surface area contributed by atoms with E-state index in [4.69, 9.17) is 85.3 Å². The van der Waals surface area contributed by atoms with Crippen LogP contribution in [0.15, 0.2) is 11.6 Å². The van der Waals surface area contributed by atoms with Crippen molar-refractivity contribution in [1.29, 1.82) is 0 Å². The number of esters is 3. The summed E-state index contributed by atoms with van der Waals surface area (Å²) in [4.78, 5) is 72.3. The molecule has 13 aliphatic rings. The van der Waals surface area contributed by atoms with Gasteiger partial charge in [-0.3, -0.25) is 14.4 Å². The average Bonchev–Trinajstić information content (AvgIpc) is 0.738. The molecule has 8 saturated heterocycles. The lowest BCUT2D eigenvalue weighted by Crippen LogP contribution is -2.69. The summed E-state index contributed by atoms with van der Waals surface area (Å²) in [6.07, 6.45) is -67.8. The summed E-state index contributed by atoms with van der Waals surface area (Å²) in [5.41, 5.74) is -7.79. The van der Waals surface area contributed by atoms with Gasteiger partial charge in [-0.15, -0.1) is 0 Å². The third kappa shape index (κ3) is 21.7. The van der Waals surface area contributed by atoms with Crippen molar-refractivity contribution in [3.63, 3.8) is 0 Å². The molecule has 0 radical (unpaired) electrons. The van der Waals surface area contributed by atoms with Crippen molar-refractivity contribution in [3.05, 3.63) is 11.6 Å². The van der Waals surface area contributed by atoms with Crippen LogP contribution in [0.1, 0.15) is 193 Å². The molecule has 46 heteroatoms. The quantitative estimate of drug-likeness (QED) is 0.00919. The summed E-state index contributed by atoms with van der Waals surface area (Å²) < 4.78 is 109. The molecule has 12 fully saturated rings. The molecule has 4 saturated carbocycles. The van der Waals surface area contributed by atoms with E-state index in [1.54, 1.807) is 27.7 Å². The Balaban J connectivity index is 0.751. The van der Waals surface area contributed by atoms with Gasteiger partial charge < -0.3 is 208 Å². The van der Waals surface area contributed by atoms with E-state index in [-0.39, 0.29) is 56.8 Å². The molecule has 0 aromatic rings. The highest BCUT2D eigenvalue weighted by Gasteiger charge is 2.74. The van der Waals surface area contributed by atoms with E-state index in [9.17, 15) is 137 Å². The number of hydrogen-bond acceptors (Lipinski definition) is 45. The van der Waals surface area contributed by atoms with E-state index in [2.05, 4.69) is 19.9 Å². The first-order valence-electron chi connectivity index (χ1n) is 49.3. The van der Waals surface area contributed by atoms with Crippen molar-refractivity contribution in [1.82, 2.24) is 0 Å². The van der Waals surface area contributed by atoms with Crippen LogP contribution in [0.3, 0.4) is 0 Å². The fourth-order valence-corrected chi connectivity index (χ4v) is 24.6. The molecule has 0 aromatic carbocycles. The van der Waals surface area contributed by atoms with Gasteiger partial charge in [0, 0.05) is 12.8 Å². The number of carbonyl (C=O) groups is 5. The topological polar surface area (TPSA) is 717 Å². The Morgan fingerprint density at radius 3 is 1.64 bits per heavy atom. The lowest BCUT2D eigenvalue weighted by Gasteiger charge is -2.71. The average molecular weight is 2020 g/mol. The number of carbonyl (C=O) groups excluding carboxylic acids is 4. The summed E-state index contributed by atoms with van der Waals surface area (Å²) in [5, 5.41) is 258. The van der Waals surface area contributed by atoms with Crippen LogP contribution >= 0.6 is 0 Å². The van der Waals surface area contributed by atoms with Gasteiger partial charge in [0.2, 0.25) is 6.29 Å². The smallest absolute Gasteiger partial charge is 0.335 e. The van der Waals surface area contributed by atoms with E-state index >= 15 is 4.79 Å². The number of fused-ring (bicyclic) bond motifs is 7. The largest absolute Gasteiger partial charge is 0.479 e. The maximum atomic E-state index is 16.4. The zero-order valence-electron chi connectivity index (χ0n) is 81.2. The molecule has 140 heavy (non-hydrogen) atoms. The highest BCUT2D eigenvalue weighted by Crippen LogP contribution is 2.76. The Bertz CT molecular complexity index is 4150. The van der Waals surface area contributed by atoms with Crippen molar-refractivity contribution in [3.8, 4) is 0 Å². The van der Waals surface area contributed by atoms with Gasteiger partial charge in [0.25, 0.3) is 0 Å². The number of rotatable bonds is 36. The summed E-state index contributed by atoms with van der Waals surface area (Å²) in [6.45, 7) is 19.7. The molecule has 5 aliphatic carbocycles. The van der Waals surface area contributed by atoms with Gasteiger partial charge in [0.1, 0.15) is 152 Å². The Morgan fingerprint density at radius 1 is 0.507 bits per heavy atom. The summed E-state index contributed by atoms with van der Waals surface area (Å²) in [5.74, 6) is -7.22. The second kappa shape index (κ2) is 44.9. The summed E-state index contributed by atoms with van der Waals surface area (Å²) in [7, 11) is 0. The summed E-state index contributed by atoms with van der Waals surface area (Å²) in [6, 6.07) is 0. The first-order valence-corrected chi connectivity index (χ1v) is 49.3. The van der Waals surface area contributed by atoms with Gasteiger partial charge in [-0.2, -0.15) is 0 Å². The number of aliphatic hydroxyl groups is 22. The Kier molecular flexibility index (Phi) is 36.2. The molecule has 804 valence electrons. The van der Waals surface area contributed by atoms with Gasteiger partial charge in [-0.1, -0.05) is 101 Å². The standard InChI is InChI=1S/C94H152O46/c1-14-37(4)47(127-55(103)27-42(100)26-48(38(5)15-2)129-81-63(111)57(105)46(16-3)128-81)25-41(99)28-56(104)133-71-40(7)126-84(75(67(71)115)138-80-66(114)62(110)70(39(6)125-80)134-79-69(117)72(45(101)33-123-79)135-86-77(118)93(122,35-98)36-124-86)140-87(121)94-24-23-88(8,9)29-44(94)43-17-18-52-89(10)21-20-54(90(11,34-97)51(89)19-22-91(52,12)92(43,13)30-53(94)102)132-85-76(139-83-65(113)61(109)59(107)50(32-96)131-83)73(68(116)74(137-85)78(119)120)136-82-64(112)60(108)58(106)49(31-95)130-82/h17,34,37-42,44-54,57-77,79-86,95-96,98-102,105-118,122H,14-16,18-33,35-36H2,1-13H3,(H,119,120)/t37-,38-,39?,40?,41-,42-,44?,45?,46-,47-,48-,49?,50?,51?,52?,53+,54-,57?,58+,59-,60-,61-,62?,63?,64?,65?,66-,67?,68-,69?,70-,71+,72-,73-,74?,75+,76?,77?,79-,80-,81-,82-,83-,84-,85+,86-,89-,90-,91+,92+,93+,94+/m0/s1. The fourth-order valence-electron chi connectivity index (χ4n) is 24.6. The number of carboxylic acids is 1. The van der Waals surface area contributed by atoms with E-state index in [1.807, 2.05) is 34.6 Å². The van der Waals surface area contributed by atoms with Crippen molar-refractivity contribution in [2.24, 2.45) is 62.1 Å². The Morgan fingerprint density at radius 2 is 1.05 bits per heavy atom. The van der Waals surface area contributed by atoms with Crippen LogP contribution < -0.4 is 0 Å². The van der Waals surface area contributed by atoms with Crippen LogP contribution in [0.5, 0.6) is 0 Å². The highest BCUT2D eigenvalue weighted by molar-refractivity contribution is 5.80. The van der Waals surface area contributed by atoms with Crippen molar-refractivity contribution >= 4 is 30.2 Å². The maximum absolute atomic E-state index is 16.4. The maximum Gasteiger partial charge on any atom is 0.335 e. The number of ether oxygens (including phenoxy) is 18. The van der Waals surface area contributed by atoms with Crippen molar-refractivity contribution < 1.29 is 227 Å². The number of aliphatic hydroxyl groups excluding tert-OH is 21. The molecule has 23 N–H and O–H groups in total. The zero-order valence-corrected chi connectivity index (χ0v) is 81.2. The normalized spacial score (nSPS) is 48.8. The van der Waals surface area contributed by atoms with Crippen LogP contribution in [0, 0.1) is 62.1 Å². The molecule has 8 heterocycles. The number of aliphatic carboxylic acids is 1. The molecular formula is C94H152O46. The van der Waals surface area contributed by atoms with Gasteiger partial charge in [-0.25, -0.2) is 4.79 Å². The minimum absolute atomic E-state index is 0.00887. The highest BCUT2D eigenvalue weighted by atomic mass is 16.8. The van der Waals surface area contributed by atoms with E-state index in [0.717, 1.165) is 11.9 Å². The van der Waals surface area contributed by atoms with Gasteiger partial charge >= 0.3 is 23.9 Å². The molecule has 18 unspecified atom stereocenters. The fraction of sp³-hybridized carbons (Fsp3) is 0.926. The van der Waals surface area contributed by atoms with Gasteiger partial charge in [0.15, 0.2) is 62.3 Å². The van der Waals surface area contributed by atoms with Crippen LogP contribution in [0.2, 0.25) is 0 Å². The molecule has 0 amide bonds. The van der Waals surface area contributed by atoms with Crippen molar-refractivity contribution in [2.45, 2.75) is 450 Å². The van der Waals surface area contributed by atoms with E-state index in [0.29, 0.717) is 44.9 Å². The summed E-state index contributed by atoms with van der Waals surface area (Å²) >= 11 is 0. The first kappa shape index (κ1) is 113. The number of allylic oxidation sites excluding steroid dienone is 2.